The zero-order chi connectivity index (χ0) is 8.74. The van der Waals surface area contributed by atoms with Gasteiger partial charge in [0.15, 0.2) is 0 Å². The maximum Gasteiger partial charge on any atom is 0.497 e. The molecule has 0 heterocycles. The van der Waals surface area contributed by atoms with Crippen LogP contribution in [0.2, 0.25) is 6.04 Å². The van der Waals surface area contributed by atoms with Crippen LogP contribution >= 0.6 is 12.6 Å². The van der Waals surface area contributed by atoms with Crippen molar-refractivity contribution >= 4 is 21.4 Å². The topological polar surface area (TPSA) is 38.7 Å². The molecule has 3 nitrogen and oxygen atoms in total. The molecule has 5 heteroatoms. The summed E-state index contributed by atoms with van der Waals surface area (Å²) in [5, 5.41) is 0. The van der Waals surface area contributed by atoms with E-state index in [-0.39, 0.29) is 0 Å². The second-order valence-corrected chi connectivity index (χ2v) is 5.25. The minimum atomic E-state index is -2.79. The van der Waals surface area contributed by atoms with Gasteiger partial charge in [-0.05, 0) is 19.1 Å². The Morgan fingerprint density at radius 2 is 2.18 bits per heavy atom. The van der Waals surface area contributed by atoms with Crippen LogP contribution in [-0.4, -0.2) is 33.1 Å². The summed E-state index contributed by atoms with van der Waals surface area (Å²) < 4.78 is 10.0. The van der Waals surface area contributed by atoms with Crippen molar-refractivity contribution in [3.8, 4) is 0 Å². The highest BCUT2D eigenvalue weighted by Crippen LogP contribution is 2.11. The third-order valence-corrected chi connectivity index (χ3v) is 4.02. The van der Waals surface area contributed by atoms with Crippen LogP contribution in [0.4, 0.5) is 0 Å². The molecule has 0 aromatic rings. The summed E-state index contributed by atoms with van der Waals surface area (Å²) in [6, 6.07) is 0.598. The molecule has 0 radical (unpaired) electrons. The van der Waals surface area contributed by atoms with Crippen LogP contribution in [0.3, 0.4) is 0 Å². The van der Waals surface area contributed by atoms with Gasteiger partial charge in [0.25, 0.3) is 0 Å². The van der Waals surface area contributed by atoms with Gasteiger partial charge in [0, 0.05) is 19.8 Å². The summed E-state index contributed by atoms with van der Waals surface area (Å²) in [6.45, 7) is 2.35. The zero-order valence-corrected chi connectivity index (χ0v) is 8.93. The van der Waals surface area contributed by atoms with Crippen molar-refractivity contribution in [2.75, 3.05) is 19.5 Å². The first-order valence-electron chi connectivity index (χ1n) is 3.71. The van der Waals surface area contributed by atoms with E-state index in [9.17, 15) is 4.80 Å². The summed E-state index contributed by atoms with van der Waals surface area (Å²) in [7, 11) is -1.31. The van der Waals surface area contributed by atoms with Gasteiger partial charge in [-0.1, -0.05) is 0 Å². The second-order valence-electron chi connectivity index (χ2n) is 2.18. The summed E-state index contributed by atoms with van der Waals surface area (Å²) >= 11 is 4.04. The maximum atomic E-state index is 9.61. The minimum absolute atomic E-state index is 0.503. The molecule has 0 aliphatic heterocycles. The van der Waals surface area contributed by atoms with Crippen LogP contribution in [0.15, 0.2) is 0 Å². The van der Waals surface area contributed by atoms with Crippen LogP contribution in [-0.2, 0) is 8.85 Å². The third-order valence-electron chi connectivity index (χ3n) is 1.34. The molecule has 0 fully saturated rings. The standard InChI is InChI=1S/C6H16O3SSi/c1-3-9-11(7,8-2)6-4-5-10/h7,10H,3-6H2,1-2H3. The van der Waals surface area contributed by atoms with E-state index >= 15 is 0 Å². The lowest BCUT2D eigenvalue weighted by atomic mass is 10.6. The lowest BCUT2D eigenvalue weighted by Crippen LogP contribution is -2.41. The summed E-state index contributed by atoms with van der Waals surface area (Å²) in [5.41, 5.74) is 0. The molecule has 1 atom stereocenters. The number of hydrogen-bond donors (Lipinski definition) is 2. The van der Waals surface area contributed by atoms with Gasteiger partial charge in [0.2, 0.25) is 0 Å². The summed E-state index contributed by atoms with van der Waals surface area (Å²) in [6.07, 6.45) is 0.833. The predicted octanol–water partition coefficient (Wildman–Crippen LogP) is 0.920. The van der Waals surface area contributed by atoms with Gasteiger partial charge in [-0.25, -0.2) is 0 Å². The Hall–Kier alpha value is 0.447. The fourth-order valence-electron chi connectivity index (χ4n) is 0.761. The summed E-state index contributed by atoms with van der Waals surface area (Å²) in [5.74, 6) is 0.756. The van der Waals surface area contributed by atoms with Crippen LogP contribution in [0.25, 0.3) is 0 Å². The van der Waals surface area contributed by atoms with E-state index < -0.39 is 8.80 Å². The lowest BCUT2D eigenvalue weighted by Gasteiger charge is -2.20. The highest BCUT2D eigenvalue weighted by atomic mass is 32.1. The first-order valence-corrected chi connectivity index (χ1v) is 6.31. The fourth-order valence-corrected chi connectivity index (χ4v) is 2.76. The molecule has 0 aromatic heterocycles. The quantitative estimate of drug-likeness (QED) is 0.490. The Bertz CT molecular complexity index is 104. The molecule has 0 amide bonds. The van der Waals surface area contributed by atoms with Crippen molar-refractivity contribution in [3.05, 3.63) is 0 Å². The molecule has 0 aliphatic rings. The molecule has 1 unspecified atom stereocenters. The monoisotopic (exact) mass is 196 g/mol. The van der Waals surface area contributed by atoms with Gasteiger partial charge < -0.3 is 13.6 Å². The molecule has 0 saturated heterocycles. The van der Waals surface area contributed by atoms with Gasteiger partial charge in [-0.2, -0.15) is 12.6 Å². The molecule has 0 saturated carbocycles. The van der Waals surface area contributed by atoms with Crippen molar-refractivity contribution < 1.29 is 13.6 Å². The fraction of sp³-hybridized carbons (Fsp3) is 1.00. The van der Waals surface area contributed by atoms with Gasteiger partial charge in [-0.15, -0.1) is 0 Å². The molecular weight excluding hydrogens is 180 g/mol. The number of rotatable bonds is 6. The maximum absolute atomic E-state index is 9.61. The predicted molar refractivity (Wildman–Crippen MR) is 49.9 cm³/mol. The molecular formula is C6H16O3SSi. The average Bonchev–Trinajstić information content (AvgIpc) is 2.02. The number of hydrogen-bond acceptors (Lipinski definition) is 4. The normalized spacial score (nSPS) is 16.4. The van der Waals surface area contributed by atoms with E-state index in [1.54, 1.807) is 0 Å². The zero-order valence-electron chi connectivity index (χ0n) is 7.04. The molecule has 68 valence electrons. The minimum Gasteiger partial charge on any atom is -0.390 e. The SMILES string of the molecule is CCO[Si](O)(CCCS)OC. The average molecular weight is 196 g/mol. The van der Waals surface area contributed by atoms with E-state index in [1.165, 1.54) is 7.11 Å². The van der Waals surface area contributed by atoms with E-state index in [0.717, 1.165) is 12.2 Å². The van der Waals surface area contributed by atoms with E-state index in [1.807, 2.05) is 6.92 Å². The van der Waals surface area contributed by atoms with Gasteiger partial charge >= 0.3 is 8.80 Å². The Kier molecular flexibility index (Phi) is 6.26. The molecule has 0 rings (SSSR count). The van der Waals surface area contributed by atoms with E-state index in [2.05, 4.69) is 12.6 Å². The van der Waals surface area contributed by atoms with E-state index in [4.69, 9.17) is 8.85 Å². The van der Waals surface area contributed by atoms with E-state index in [0.29, 0.717) is 12.7 Å². The highest BCUT2D eigenvalue weighted by Gasteiger charge is 2.33. The van der Waals surface area contributed by atoms with Crippen molar-refractivity contribution in [3.63, 3.8) is 0 Å². The molecule has 0 bridgehead atoms. The van der Waals surface area contributed by atoms with Crippen LogP contribution in [0.5, 0.6) is 0 Å². The largest absolute Gasteiger partial charge is 0.497 e. The second kappa shape index (κ2) is 6.02. The van der Waals surface area contributed by atoms with Crippen LogP contribution in [0, 0.1) is 0 Å². The van der Waals surface area contributed by atoms with Crippen molar-refractivity contribution in [1.82, 2.24) is 0 Å². The Morgan fingerprint density at radius 3 is 2.55 bits per heavy atom. The van der Waals surface area contributed by atoms with Crippen molar-refractivity contribution in [2.45, 2.75) is 19.4 Å². The smallest absolute Gasteiger partial charge is 0.390 e. The van der Waals surface area contributed by atoms with Crippen molar-refractivity contribution in [2.24, 2.45) is 0 Å². The van der Waals surface area contributed by atoms with Gasteiger partial charge in [0.05, 0.1) is 0 Å². The lowest BCUT2D eigenvalue weighted by molar-refractivity contribution is 0.128. The molecule has 11 heavy (non-hydrogen) atoms. The molecule has 1 N–H and O–H groups in total. The molecule has 0 aliphatic carbocycles. The van der Waals surface area contributed by atoms with Gasteiger partial charge in [-0.3, -0.25) is 0 Å². The first-order chi connectivity index (χ1) is 5.18. The Morgan fingerprint density at radius 1 is 1.55 bits per heavy atom. The van der Waals surface area contributed by atoms with Crippen LogP contribution < -0.4 is 0 Å². The van der Waals surface area contributed by atoms with Gasteiger partial charge in [0.1, 0.15) is 0 Å². The first kappa shape index (κ1) is 11.4. The van der Waals surface area contributed by atoms with Crippen LogP contribution in [0.1, 0.15) is 13.3 Å². The Labute approximate surface area is 74.5 Å². The molecule has 0 aromatic carbocycles. The highest BCUT2D eigenvalue weighted by molar-refractivity contribution is 7.80. The third kappa shape index (κ3) is 4.81. The Balaban J connectivity index is 3.68. The summed E-state index contributed by atoms with van der Waals surface area (Å²) in [4.78, 5) is 9.61. The number of thiol groups is 1. The van der Waals surface area contributed by atoms with Crippen molar-refractivity contribution in [1.29, 1.82) is 0 Å². The molecule has 0 spiro atoms.